The second-order valence-corrected chi connectivity index (χ2v) is 3.52. The Morgan fingerprint density at radius 2 is 2.18 bits per heavy atom. The van der Waals surface area contributed by atoms with Gasteiger partial charge in [0.1, 0.15) is 11.5 Å². The molecule has 1 aromatic carbocycles. The maximum atomic E-state index is 5.72. The van der Waals surface area contributed by atoms with Crippen LogP contribution in [0.1, 0.15) is 25.8 Å². The molecule has 0 aliphatic heterocycles. The smallest absolute Gasteiger partial charge is 0.133 e. The van der Waals surface area contributed by atoms with Gasteiger partial charge in [-0.25, -0.2) is 0 Å². The maximum absolute atomic E-state index is 5.72. The lowest BCUT2D eigenvalue weighted by Crippen LogP contribution is -1.95. The van der Waals surface area contributed by atoms with Crippen molar-refractivity contribution in [3.63, 3.8) is 0 Å². The number of rotatable bonds is 5. The summed E-state index contributed by atoms with van der Waals surface area (Å²) in [7, 11) is 1.62. The van der Waals surface area contributed by atoms with Gasteiger partial charge in [-0.15, -0.1) is 0 Å². The fourth-order valence-corrected chi connectivity index (χ4v) is 1.46. The van der Waals surface area contributed by atoms with Crippen LogP contribution < -0.4 is 10.5 Å². The summed E-state index contributed by atoms with van der Waals surface area (Å²) in [6, 6.07) is 5.53. The van der Waals surface area contributed by atoms with Gasteiger partial charge in [-0.05, 0) is 31.6 Å². The minimum absolute atomic E-state index is 0.674. The molecule has 2 N–H and O–H groups in total. The van der Waals surface area contributed by atoms with Crippen LogP contribution in [-0.2, 0) is 4.74 Å². The van der Waals surface area contributed by atoms with Gasteiger partial charge in [-0.2, -0.15) is 0 Å². The predicted octanol–water partition coefficient (Wildman–Crippen LogP) is 3.58. The number of allylic oxidation sites excluding steroid dienone is 2. The number of ether oxygens (including phenoxy) is 2. The molecule has 92 valence electrons. The minimum Gasteiger partial charge on any atom is -0.496 e. The molecule has 0 aromatic heterocycles. The molecule has 0 radical (unpaired) electrons. The van der Waals surface area contributed by atoms with Crippen LogP contribution in [0.15, 0.2) is 36.6 Å². The summed E-state index contributed by atoms with van der Waals surface area (Å²) in [5.41, 5.74) is 7.30. The number of benzene rings is 1. The molecule has 17 heavy (non-hydrogen) atoms. The molecule has 0 heterocycles. The summed E-state index contributed by atoms with van der Waals surface area (Å²) in [5.74, 6) is 1.50. The zero-order valence-corrected chi connectivity index (χ0v) is 10.6. The lowest BCUT2D eigenvalue weighted by Gasteiger charge is -2.12. The molecule has 0 aliphatic rings. The largest absolute Gasteiger partial charge is 0.496 e. The third kappa shape index (κ3) is 3.55. The predicted molar refractivity (Wildman–Crippen MR) is 71.6 cm³/mol. The Morgan fingerprint density at radius 1 is 1.41 bits per heavy atom. The van der Waals surface area contributed by atoms with Gasteiger partial charge >= 0.3 is 0 Å². The molecule has 0 bridgehead atoms. The van der Waals surface area contributed by atoms with E-state index in [1.165, 1.54) is 0 Å². The summed E-state index contributed by atoms with van der Waals surface area (Å²) in [6.07, 6.45) is 6.39. The van der Waals surface area contributed by atoms with Gasteiger partial charge in [0.05, 0.1) is 18.9 Å². The van der Waals surface area contributed by atoms with E-state index in [4.69, 9.17) is 15.2 Å². The highest BCUT2D eigenvalue weighted by molar-refractivity contribution is 5.68. The minimum atomic E-state index is 0.674. The summed E-state index contributed by atoms with van der Waals surface area (Å²) >= 11 is 0. The molecule has 3 heteroatoms. The molecule has 0 saturated heterocycles. The zero-order valence-electron chi connectivity index (χ0n) is 10.6. The van der Waals surface area contributed by atoms with Crippen LogP contribution in [0.4, 0.5) is 5.69 Å². The third-order valence-corrected chi connectivity index (χ3v) is 2.21. The van der Waals surface area contributed by atoms with Crippen molar-refractivity contribution in [2.45, 2.75) is 20.3 Å². The number of nitrogen functional groups attached to an aromatic ring is 1. The van der Waals surface area contributed by atoms with E-state index in [1.54, 1.807) is 19.4 Å². The maximum Gasteiger partial charge on any atom is 0.133 e. The lowest BCUT2D eigenvalue weighted by molar-refractivity contribution is 0.400. The lowest BCUT2D eigenvalue weighted by atomic mass is 10.1. The zero-order chi connectivity index (χ0) is 12.7. The molecule has 1 rings (SSSR count). The molecule has 0 amide bonds. The Hall–Kier alpha value is -1.90. The number of hydrogen-bond acceptors (Lipinski definition) is 3. The molecule has 0 aliphatic carbocycles. The van der Waals surface area contributed by atoms with Crippen molar-refractivity contribution in [1.29, 1.82) is 0 Å². The number of anilines is 1. The van der Waals surface area contributed by atoms with Crippen LogP contribution >= 0.6 is 0 Å². The monoisotopic (exact) mass is 233 g/mol. The highest BCUT2D eigenvalue weighted by Crippen LogP contribution is 2.29. The first-order chi connectivity index (χ1) is 8.22. The van der Waals surface area contributed by atoms with Crippen LogP contribution in [0.2, 0.25) is 0 Å². The second kappa shape index (κ2) is 6.63. The molecule has 0 saturated carbocycles. The van der Waals surface area contributed by atoms with E-state index in [1.807, 2.05) is 31.2 Å². The van der Waals surface area contributed by atoms with Crippen LogP contribution in [-0.4, -0.2) is 7.11 Å². The number of methoxy groups -OCH3 is 1. The second-order valence-electron chi connectivity index (χ2n) is 3.52. The van der Waals surface area contributed by atoms with Crippen LogP contribution in [0, 0.1) is 0 Å². The van der Waals surface area contributed by atoms with Gasteiger partial charge in [-0.1, -0.05) is 13.0 Å². The van der Waals surface area contributed by atoms with E-state index in [0.717, 1.165) is 17.7 Å². The molecule has 1 aromatic rings. The van der Waals surface area contributed by atoms with Crippen LogP contribution in [0.3, 0.4) is 0 Å². The topological polar surface area (TPSA) is 44.5 Å². The summed E-state index contributed by atoms with van der Waals surface area (Å²) in [6.45, 7) is 3.96. The van der Waals surface area contributed by atoms with Gasteiger partial charge in [0.2, 0.25) is 0 Å². The van der Waals surface area contributed by atoms with E-state index in [9.17, 15) is 0 Å². The van der Waals surface area contributed by atoms with Crippen LogP contribution in [0.5, 0.6) is 5.75 Å². The average Bonchev–Trinajstić information content (AvgIpc) is 2.34. The van der Waals surface area contributed by atoms with Crippen molar-refractivity contribution in [3.8, 4) is 5.75 Å². The van der Waals surface area contributed by atoms with Gasteiger partial charge in [0, 0.05) is 11.8 Å². The Bertz CT molecular complexity index is 422. The molecule has 3 nitrogen and oxygen atoms in total. The quantitative estimate of drug-likeness (QED) is 0.624. The first-order valence-electron chi connectivity index (χ1n) is 5.64. The van der Waals surface area contributed by atoms with Gasteiger partial charge in [0.25, 0.3) is 0 Å². The van der Waals surface area contributed by atoms with Gasteiger partial charge in [0.15, 0.2) is 0 Å². The third-order valence-electron chi connectivity index (χ3n) is 2.21. The van der Waals surface area contributed by atoms with E-state index < -0.39 is 0 Å². The SMILES string of the molecule is C/C=C/O/C(=C\CC)c1ccc(N)cc1OC. The Labute approximate surface area is 103 Å². The summed E-state index contributed by atoms with van der Waals surface area (Å²) in [5, 5.41) is 0. The fraction of sp³-hybridized carbons (Fsp3) is 0.286. The van der Waals surface area contributed by atoms with E-state index in [-0.39, 0.29) is 0 Å². The van der Waals surface area contributed by atoms with Gasteiger partial charge < -0.3 is 15.2 Å². The van der Waals surface area contributed by atoms with Crippen molar-refractivity contribution >= 4 is 11.4 Å². The standard InChI is InChI=1S/C14H19NO2/c1-4-6-13(17-9-5-2)12-8-7-11(15)10-14(12)16-3/h5-10H,4,15H2,1-3H3/b9-5+,13-6-. The summed E-state index contributed by atoms with van der Waals surface area (Å²) < 4.78 is 10.9. The van der Waals surface area contributed by atoms with Crippen molar-refractivity contribution in [3.05, 3.63) is 42.2 Å². The highest BCUT2D eigenvalue weighted by Gasteiger charge is 2.09. The number of nitrogens with two attached hydrogens (primary N) is 1. The Balaban J connectivity index is 3.13. The van der Waals surface area contributed by atoms with E-state index in [0.29, 0.717) is 11.4 Å². The normalized spacial score (nSPS) is 11.8. The van der Waals surface area contributed by atoms with E-state index >= 15 is 0 Å². The van der Waals surface area contributed by atoms with Crippen LogP contribution in [0.25, 0.3) is 5.76 Å². The van der Waals surface area contributed by atoms with E-state index in [2.05, 4.69) is 6.92 Å². The first kappa shape index (κ1) is 13.2. The summed E-state index contributed by atoms with van der Waals surface area (Å²) in [4.78, 5) is 0. The molecule has 0 fully saturated rings. The molecular formula is C14H19NO2. The van der Waals surface area contributed by atoms with Crippen molar-refractivity contribution in [1.82, 2.24) is 0 Å². The molecule has 0 spiro atoms. The van der Waals surface area contributed by atoms with Gasteiger partial charge in [-0.3, -0.25) is 0 Å². The van der Waals surface area contributed by atoms with Crippen molar-refractivity contribution in [2.24, 2.45) is 0 Å². The van der Waals surface area contributed by atoms with Crippen molar-refractivity contribution < 1.29 is 9.47 Å². The average molecular weight is 233 g/mol. The molecule has 0 atom stereocenters. The highest BCUT2D eigenvalue weighted by atomic mass is 16.5. The fourth-order valence-electron chi connectivity index (χ4n) is 1.46. The first-order valence-corrected chi connectivity index (χ1v) is 5.64. The Kier molecular flexibility index (Phi) is 5.14. The molecule has 0 unspecified atom stereocenters. The Morgan fingerprint density at radius 3 is 2.76 bits per heavy atom. The molecular weight excluding hydrogens is 214 g/mol. The van der Waals surface area contributed by atoms with Crippen molar-refractivity contribution in [2.75, 3.05) is 12.8 Å². The number of hydrogen-bond donors (Lipinski definition) is 1.